The molecule has 0 bridgehead atoms. The fourth-order valence-electron chi connectivity index (χ4n) is 6.68. The molecule has 0 fully saturated rings. The van der Waals surface area contributed by atoms with E-state index in [4.69, 9.17) is 9.97 Å². The van der Waals surface area contributed by atoms with Crippen LogP contribution in [0.5, 0.6) is 0 Å². The zero-order valence-electron chi connectivity index (χ0n) is 27.5. The van der Waals surface area contributed by atoms with Crippen LogP contribution in [0.15, 0.2) is 133 Å². The molecular formula is C45H42N2. The Bertz CT molecular complexity index is 2100. The lowest BCUT2D eigenvalue weighted by atomic mass is 9.93. The van der Waals surface area contributed by atoms with Gasteiger partial charge in [0.25, 0.3) is 0 Å². The summed E-state index contributed by atoms with van der Waals surface area (Å²) < 4.78 is 0. The summed E-state index contributed by atoms with van der Waals surface area (Å²) in [6, 6.07) is 48.4. The monoisotopic (exact) mass is 610 g/mol. The lowest BCUT2D eigenvalue weighted by Crippen LogP contribution is -1.95. The van der Waals surface area contributed by atoms with Crippen molar-refractivity contribution in [1.82, 2.24) is 9.97 Å². The number of aryl methyl sites for hydroxylation is 2. The molecule has 47 heavy (non-hydrogen) atoms. The molecule has 0 amide bonds. The molecule has 2 nitrogen and oxygen atoms in total. The summed E-state index contributed by atoms with van der Waals surface area (Å²) in [5.74, 6) is 0. The van der Waals surface area contributed by atoms with E-state index in [0.717, 1.165) is 63.6 Å². The highest BCUT2D eigenvalue weighted by Crippen LogP contribution is 2.38. The molecule has 0 saturated heterocycles. The summed E-state index contributed by atoms with van der Waals surface area (Å²) in [6.45, 7) is 4.49. The van der Waals surface area contributed by atoms with Crippen molar-refractivity contribution in [2.24, 2.45) is 0 Å². The van der Waals surface area contributed by atoms with E-state index in [1.54, 1.807) is 0 Å². The molecule has 0 unspecified atom stereocenters. The molecule has 0 spiro atoms. The Hall–Kier alpha value is -5.08. The van der Waals surface area contributed by atoms with E-state index >= 15 is 0 Å². The minimum absolute atomic E-state index is 0.977. The molecule has 0 radical (unpaired) electrons. The molecule has 7 aromatic rings. The van der Waals surface area contributed by atoms with Crippen LogP contribution in [0.25, 0.3) is 66.6 Å². The lowest BCUT2D eigenvalue weighted by molar-refractivity contribution is 0.667. The van der Waals surface area contributed by atoms with Crippen molar-refractivity contribution in [3.63, 3.8) is 0 Å². The first-order valence-electron chi connectivity index (χ1n) is 17.3. The molecule has 0 aliphatic carbocycles. The predicted octanol–water partition coefficient (Wildman–Crippen LogP) is 12.5. The van der Waals surface area contributed by atoms with Gasteiger partial charge in [-0.3, -0.25) is 0 Å². The standard InChI is InChI=1S/C45H42N2/c1-3-5-6-9-15-33-22-26-37(27-23-33)43-29-39(35-18-12-8-13-19-35)41-30-44-40(31-45(41)47-43)38(34-16-10-7-11-17-34)28-42(46-44)36-24-20-32(14-4-2)21-25-36/h7-8,10-13,16-31H,3-6,9,14-15H2,1-2H3. The van der Waals surface area contributed by atoms with Crippen LogP contribution in [0.3, 0.4) is 0 Å². The number of unbranched alkanes of at least 4 members (excludes halogenated alkanes) is 3. The van der Waals surface area contributed by atoms with E-state index in [-0.39, 0.29) is 0 Å². The van der Waals surface area contributed by atoms with Gasteiger partial charge in [0, 0.05) is 21.9 Å². The van der Waals surface area contributed by atoms with Gasteiger partial charge in [0.15, 0.2) is 0 Å². The molecule has 0 N–H and O–H groups in total. The van der Waals surface area contributed by atoms with Crippen LogP contribution < -0.4 is 0 Å². The number of pyridine rings is 2. The average Bonchev–Trinajstić information content (AvgIpc) is 3.13. The van der Waals surface area contributed by atoms with Crippen molar-refractivity contribution in [1.29, 1.82) is 0 Å². The number of rotatable bonds is 11. The van der Waals surface area contributed by atoms with Gasteiger partial charge in [-0.15, -0.1) is 0 Å². The smallest absolute Gasteiger partial charge is 0.0723 e. The second-order valence-corrected chi connectivity index (χ2v) is 12.7. The Kier molecular flexibility index (Phi) is 9.19. The van der Waals surface area contributed by atoms with Crippen LogP contribution >= 0.6 is 0 Å². The predicted molar refractivity (Wildman–Crippen MR) is 201 cm³/mol. The second-order valence-electron chi connectivity index (χ2n) is 12.7. The fraction of sp³-hybridized carbons (Fsp3) is 0.200. The van der Waals surface area contributed by atoms with Crippen molar-refractivity contribution >= 4 is 21.8 Å². The maximum absolute atomic E-state index is 5.31. The van der Waals surface area contributed by atoms with Crippen LogP contribution in [-0.2, 0) is 12.8 Å². The van der Waals surface area contributed by atoms with Gasteiger partial charge in [0.2, 0.25) is 0 Å². The van der Waals surface area contributed by atoms with E-state index in [0.29, 0.717) is 0 Å². The van der Waals surface area contributed by atoms with Crippen molar-refractivity contribution < 1.29 is 0 Å². The zero-order valence-corrected chi connectivity index (χ0v) is 27.5. The van der Waals surface area contributed by atoms with Crippen molar-refractivity contribution in [2.75, 3.05) is 0 Å². The summed E-state index contributed by atoms with van der Waals surface area (Å²) in [7, 11) is 0. The number of hydrogen-bond donors (Lipinski definition) is 0. The van der Waals surface area contributed by atoms with E-state index in [9.17, 15) is 0 Å². The Balaban J connectivity index is 1.40. The zero-order chi connectivity index (χ0) is 32.0. The maximum atomic E-state index is 5.31. The minimum atomic E-state index is 0.977. The molecule has 0 atom stereocenters. The van der Waals surface area contributed by atoms with Gasteiger partial charge in [-0.05, 0) is 76.9 Å². The summed E-state index contributed by atoms with van der Waals surface area (Å²) in [6.07, 6.45) is 8.48. The van der Waals surface area contributed by atoms with E-state index in [2.05, 4.69) is 147 Å². The third-order valence-electron chi connectivity index (χ3n) is 9.26. The number of nitrogens with zero attached hydrogens (tertiary/aromatic N) is 2. The number of aromatic nitrogens is 2. The van der Waals surface area contributed by atoms with Crippen LogP contribution in [-0.4, -0.2) is 9.97 Å². The van der Waals surface area contributed by atoms with Crippen LogP contribution in [0.4, 0.5) is 0 Å². The molecule has 2 heterocycles. The van der Waals surface area contributed by atoms with Crippen molar-refractivity contribution in [3.05, 3.63) is 145 Å². The first kappa shape index (κ1) is 30.6. The first-order chi connectivity index (χ1) is 23.2. The summed E-state index contributed by atoms with van der Waals surface area (Å²) >= 11 is 0. The molecule has 5 aromatic carbocycles. The topological polar surface area (TPSA) is 25.8 Å². The molecule has 232 valence electrons. The first-order valence-corrected chi connectivity index (χ1v) is 17.3. The van der Waals surface area contributed by atoms with Gasteiger partial charge in [0.1, 0.15) is 0 Å². The van der Waals surface area contributed by atoms with Crippen LogP contribution in [0.2, 0.25) is 0 Å². The van der Waals surface area contributed by atoms with Crippen molar-refractivity contribution in [2.45, 2.75) is 58.8 Å². The van der Waals surface area contributed by atoms with Gasteiger partial charge in [-0.1, -0.05) is 149 Å². The Morgan fingerprint density at radius 2 is 0.872 bits per heavy atom. The van der Waals surface area contributed by atoms with Gasteiger partial charge in [-0.2, -0.15) is 0 Å². The van der Waals surface area contributed by atoms with Crippen molar-refractivity contribution in [3.8, 4) is 44.8 Å². The third kappa shape index (κ3) is 6.74. The summed E-state index contributed by atoms with van der Waals surface area (Å²) in [4.78, 5) is 10.6. The van der Waals surface area contributed by atoms with E-state index in [1.807, 2.05) is 0 Å². The van der Waals surface area contributed by atoms with Gasteiger partial charge in [0.05, 0.1) is 22.4 Å². The molecule has 2 heteroatoms. The minimum Gasteiger partial charge on any atom is -0.248 e. The number of benzene rings is 5. The molecule has 0 saturated carbocycles. The van der Waals surface area contributed by atoms with Gasteiger partial charge in [-0.25, -0.2) is 9.97 Å². The molecular weight excluding hydrogens is 569 g/mol. The van der Waals surface area contributed by atoms with E-state index in [1.165, 1.54) is 59.1 Å². The third-order valence-corrected chi connectivity index (χ3v) is 9.26. The normalized spacial score (nSPS) is 11.4. The Morgan fingerprint density at radius 1 is 0.404 bits per heavy atom. The summed E-state index contributed by atoms with van der Waals surface area (Å²) in [5, 5.41) is 2.23. The molecule has 7 rings (SSSR count). The van der Waals surface area contributed by atoms with Gasteiger partial charge >= 0.3 is 0 Å². The number of hydrogen-bond acceptors (Lipinski definition) is 2. The Morgan fingerprint density at radius 3 is 1.32 bits per heavy atom. The highest BCUT2D eigenvalue weighted by atomic mass is 14.7. The van der Waals surface area contributed by atoms with E-state index < -0.39 is 0 Å². The highest BCUT2D eigenvalue weighted by molar-refractivity contribution is 6.08. The molecule has 0 aliphatic heterocycles. The highest BCUT2D eigenvalue weighted by Gasteiger charge is 2.16. The molecule has 0 aliphatic rings. The molecule has 2 aromatic heterocycles. The maximum Gasteiger partial charge on any atom is 0.0723 e. The average molecular weight is 611 g/mol. The lowest BCUT2D eigenvalue weighted by Gasteiger charge is -2.15. The SMILES string of the molecule is CCCCCCc1ccc(-c2cc(-c3ccccc3)c3cc4nc(-c5ccc(CCC)cc5)cc(-c5ccccc5)c4cc3n2)cc1. The number of fused-ring (bicyclic) bond motifs is 2. The van der Waals surface area contributed by atoms with Gasteiger partial charge < -0.3 is 0 Å². The van der Waals surface area contributed by atoms with Crippen LogP contribution in [0.1, 0.15) is 57.1 Å². The quantitative estimate of drug-likeness (QED) is 0.108. The summed E-state index contributed by atoms with van der Waals surface area (Å²) in [5.41, 5.74) is 13.7. The largest absolute Gasteiger partial charge is 0.248 e. The Labute approximate surface area is 279 Å². The fourth-order valence-corrected chi connectivity index (χ4v) is 6.68. The van der Waals surface area contributed by atoms with Crippen LogP contribution in [0, 0.1) is 0 Å². The second kappa shape index (κ2) is 14.1.